The van der Waals surface area contributed by atoms with E-state index in [0.29, 0.717) is 42.5 Å². The molecule has 2 atom stereocenters. The van der Waals surface area contributed by atoms with Gasteiger partial charge in [0.25, 0.3) is 10.0 Å². The smallest absolute Gasteiger partial charge is 0.252 e. The molecule has 7 nitrogen and oxygen atoms in total. The number of carbonyl (C=O) groups excluding carboxylic acids is 2. The van der Waals surface area contributed by atoms with Crippen LogP contribution in [0.15, 0.2) is 76.3 Å². The highest BCUT2D eigenvalue weighted by Crippen LogP contribution is 2.37. The summed E-state index contributed by atoms with van der Waals surface area (Å²) in [5, 5.41) is 1.76. The largest absolute Gasteiger partial charge is 0.368 e. The van der Waals surface area contributed by atoms with E-state index in [4.69, 9.17) is 0 Å². The average molecular weight is 524 g/mol. The molecule has 5 rings (SSSR count). The van der Waals surface area contributed by atoms with E-state index in [9.17, 15) is 18.0 Å². The lowest BCUT2D eigenvalue weighted by atomic mass is 9.88. The summed E-state index contributed by atoms with van der Waals surface area (Å²) in [6.45, 7) is 4.55. The molecule has 0 saturated carbocycles. The van der Waals surface area contributed by atoms with Crippen molar-refractivity contribution in [3.05, 3.63) is 83.2 Å². The lowest BCUT2D eigenvalue weighted by Gasteiger charge is -2.38. The molecule has 2 fully saturated rings. The first kappa shape index (κ1) is 24.7. The molecule has 2 aliphatic heterocycles. The molecule has 3 aromatic rings. The van der Waals surface area contributed by atoms with Crippen LogP contribution in [0.25, 0.3) is 0 Å². The van der Waals surface area contributed by atoms with Crippen molar-refractivity contribution in [3.8, 4) is 0 Å². The first-order chi connectivity index (χ1) is 17.3. The average Bonchev–Trinajstić information content (AvgIpc) is 3.61. The highest BCUT2D eigenvalue weighted by molar-refractivity contribution is 7.91. The van der Waals surface area contributed by atoms with Crippen molar-refractivity contribution in [1.82, 2.24) is 9.21 Å². The highest BCUT2D eigenvalue weighted by Gasteiger charge is 2.45. The Morgan fingerprint density at radius 2 is 1.56 bits per heavy atom. The van der Waals surface area contributed by atoms with Crippen molar-refractivity contribution in [3.63, 3.8) is 0 Å². The Balaban J connectivity index is 1.31. The van der Waals surface area contributed by atoms with Crippen LogP contribution in [0.3, 0.4) is 0 Å². The van der Waals surface area contributed by atoms with E-state index >= 15 is 0 Å². The summed E-state index contributed by atoms with van der Waals surface area (Å²) >= 11 is 1.20. The van der Waals surface area contributed by atoms with Crippen molar-refractivity contribution in [2.45, 2.75) is 17.1 Å². The zero-order chi connectivity index (χ0) is 25.3. The number of piperazine rings is 1. The molecule has 0 unspecified atom stereocenters. The summed E-state index contributed by atoms with van der Waals surface area (Å²) in [4.78, 5) is 29.4. The second kappa shape index (κ2) is 10.2. The topological polar surface area (TPSA) is 78.0 Å². The maximum Gasteiger partial charge on any atom is 0.252 e. The lowest BCUT2D eigenvalue weighted by molar-refractivity contribution is -0.135. The molecule has 2 aliphatic rings. The van der Waals surface area contributed by atoms with Gasteiger partial charge in [0.15, 0.2) is 5.78 Å². The van der Waals surface area contributed by atoms with Gasteiger partial charge in [-0.2, -0.15) is 4.31 Å². The Morgan fingerprint density at radius 1 is 0.861 bits per heavy atom. The first-order valence-electron chi connectivity index (χ1n) is 12.1. The van der Waals surface area contributed by atoms with Crippen molar-refractivity contribution in [1.29, 1.82) is 0 Å². The Hall–Kier alpha value is -3.01. The molecule has 36 heavy (non-hydrogen) atoms. The Bertz CT molecular complexity index is 1320. The predicted molar refractivity (Wildman–Crippen MR) is 141 cm³/mol. The molecule has 0 aliphatic carbocycles. The van der Waals surface area contributed by atoms with E-state index in [2.05, 4.69) is 4.90 Å². The van der Waals surface area contributed by atoms with Gasteiger partial charge in [-0.1, -0.05) is 36.4 Å². The molecule has 0 radical (unpaired) electrons. The summed E-state index contributed by atoms with van der Waals surface area (Å²) in [6, 6.07) is 20.7. The predicted octanol–water partition coefficient (Wildman–Crippen LogP) is 3.70. The van der Waals surface area contributed by atoms with Crippen LogP contribution in [0.2, 0.25) is 0 Å². The van der Waals surface area contributed by atoms with Crippen LogP contribution in [-0.4, -0.2) is 68.6 Å². The quantitative estimate of drug-likeness (QED) is 0.461. The van der Waals surface area contributed by atoms with Gasteiger partial charge in [0.2, 0.25) is 5.91 Å². The summed E-state index contributed by atoms with van der Waals surface area (Å²) in [7, 11) is -3.64. The van der Waals surface area contributed by atoms with Gasteiger partial charge in [-0.3, -0.25) is 9.59 Å². The van der Waals surface area contributed by atoms with Crippen LogP contribution in [0, 0.1) is 5.92 Å². The molecule has 1 aromatic heterocycles. The number of benzene rings is 2. The third kappa shape index (κ3) is 4.83. The number of anilines is 1. The van der Waals surface area contributed by atoms with Gasteiger partial charge in [0.05, 0.1) is 5.92 Å². The van der Waals surface area contributed by atoms with Gasteiger partial charge in [0.1, 0.15) is 4.21 Å². The number of ketones is 1. The minimum Gasteiger partial charge on any atom is -0.368 e. The van der Waals surface area contributed by atoms with E-state index < -0.39 is 15.9 Å². The van der Waals surface area contributed by atoms with Crippen molar-refractivity contribution in [2.75, 3.05) is 44.2 Å². The molecule has 2 aromatic carbocycles. The number of thiophene rings is 1. The molecule has 188 valence electrons. The number of hydrogen-bond acceptors (Lipinski definition) is 6. The Labute approximate surface area is 216 Å². The summed E-state index contributed by atoms with van der Waals surface area (Å²) < 4.78 is 28.3. The molecule has 1 amide bonds. The first-order valence-corrected chi connectivity index (χ1v) is 14.4. The zero-order valence-corrected chi connectivity index (χ0v) is 21.7. The van der Waals surface area contributed by atoms with Crippen molar-refractivity contribution in [2.24, 2.45) is 5.92 Å². The monoisotopic (exact) mass is 523 g/mol. The molecule has 0 spiro atoms. The SMILES string of the molecule is CC(=O)c1ccc(N2CCN(C(=O)[C@@H]3CN(S(=O)(=O)c4cccs4)C[C@H]3c3ccccc3)CC2)cc1. The van der Waals surface area contributed by atoms with E-state index in [0.717, 1.165) is 11.3 Å². The maximum absolute atomic E-state index is 13.8. The number of sulfonamides is 1. The van der Waals surface area contributed by atoms with E-state index in [1.165, 1.54) is 15.6 Å². The minimum absolute atomic E-state index is 0.0133. The summed E-state index contributed by atoms with van der Waals surface area (Å²) in [5.74, 6) is -0.565. The molecular formula is C27H29N3O4S2. The van der Waals surface area contributed by atoms with E-state index in [1.54, 1.807) is 24.4 Å². The van der Waals surface area contributed by atoms with E-state index in [1.807, 2.05) is 59.5 Å². The lowest BCUT2D eigenvalue weighted by Crippen LogP contribution is -2.51. The van der Waals surface area contributed by atoms with Gasteiger partial charge >= 0.3 is 0 Å². The van der Waals surface area contributed by atoms with E-state index in [-0.39, 0.29) is 24.2 Å². The normalized spacial score (nSPS) is 21.0. The third-order valence-corrected chi connectivity index (χ3v) is 10.4. The highest BCUT2D eigenvalue weighted by atomic mass is 32.2. The fourth-order valence-electron chi connectivity index (χ4n) is 5.12. The van der Waals surface area contributed by atoms with Crippen LogP contribution >= 0.6 is 11.3 Å². The fourth-order valence-corrected chi connectivity index (χ4v) is 7.75. The molecule has 0 bridgehead atoms. The number of rotatable bonds is 6. The van der Waals surface area contributed by atoms with Gasteiger partial charge in [-0.15, -0.1) is 11.3 Å². The maximum atomic E-state index is 13.8. The third-order valence-electron chi connectivity index (χ3n) is 7.15. The Kier molecular flexibility index (Phi) is 6.96. The summed E-state index contributed by atoms with van der Waals surface area (Å²) in [6.07, 6.45) is 0. The summed E-state index contributed by atoms with van der Waals surface area (Å²) in [5.41, 5.74) is 2.70. The van der Waals surface area contributed by atoms with Gasteiger partial charge < -0.3 is 9.80 Å². The molecule has 3 heterocycles. The van der Waals surface area contributed by atoms with Crippen LogP contribution in [0.1, 0.15) is 28.8 Å². The second-order valence-electron chi connectivity index (χ2n) is 9.29. The second-order valence-corrected chi connectivity index (χ2v) is 12.4. The number of carbonyl (C=O) groups is 2. The fraction of sp³-hybridized carbons (Fsp3) is 0.333. The van der Waals surface area contributed by atoms with Crippen LogP contribution in [0.5, 0.6) is 0 Å². The van der Waals surface area contributed by atoms with Crippen LogP contribution in [-0.2, 0) is 14.8 Å². The van der Waals surface area contributed by atoms with Gasteiger partial charge in [0, 0.05) is 56.4 Å². The zero-order valence-electron chi connectivity index (χ0n) is 20.1. The van der Waals surface area contributed by atoms with Crippen LogP contribution in [0.4, 0.5) is 5.69 Å². The van der Waals surface area contributed by atoms with Gasteiger partial charge in [-0.25, -0.2) is 8.42 Å². The number of nitrogens with zero attached hydrogens (tertiary/aromatic N) is 3. The molecular weight excluding hydrogens is 494 g/mol. The minimum atomic E-state index is -3.64. The Morgan fingerprint density at radius 3 is 2.17 bits per heavy atom. The molecule has 9 heteroatoms. The standard InChI is InChI=1S/C27H29N3O4S2/c1-20(31)21-9-11-23(12-10-21)28-13-15-29(16-14-28)27(32)25-19-30(36(33,34)26-8-5-17-35-26)18-24(25)22-6-3-2-4-7-22/h2-12,17,24-25H,13-16,18-19H2,1H3/t24-,25+/m0/s1. The van der Waals surface area contributed by atoms with Crippen molar-refractivity contribution < 1.29 is 18.0 Å². The number of Topliss-reactive ketones (excluding diaryl/α,β-unsaturated/α-hetero) is 1. The molecule has 0 N–H and O–H groups in total. The molecule has 2 saturated heterocycles. The number of hydrogen-bond donors (Lipinski definition) is 0. The van der Waals surface area contributed by atoms with Crippen molar-refractivity contribution >= 4 is 38.7 Å². The number of amides is 1. The van der Waals surface area contributed by atoms with Gasteiger partial charge in [-0.05, 0) is 48.2 Å². The van der Waals surface area contributed by atoms with Crippen LogP contribution < -0.4 is 4.90 Å².